The van der Waals surface area contributed by atoms with Gasteiger partial charge in [0.25, 0.3) is 5.91 Å². The minimum atomic E-state index is -0.892. The second-order valence-corrected chi connectivity index (χ2v) is 5.68. The third-order valence-corrected chi connectivity index (χ3v) is 3.73. The molecule has 1 atom stereocenters. The zero-order valence-corrected chi connectivity index (χ0v) is 12.8. The van der Waals surface area contributed by atoms with Crippen LogP contribution in [0.25, 0.3) is 6.08 Å². The molecule has 1 aliphatic heterocycles. The third kappa shape index (κ3) is 4.69. The van der Waals surface area contributed by atoms with Gasteiger partial charge in [-0.1, -0.05) is 42.0 Å². The Labute approximate surface area is 126 Å². The number of aliphatic hydroxyl groups excluding tert-OH is 1. The smallest absolute Gasteiger partial charge is 0.251 e. The number of carbonyl (C=O) groups is 1. The van der Waals surface area contributed by atoms with Crippen LogP contribution in [0.15, 0.2) is 35.9 Å². The quantitative estimate of drug-likeness (QED) is 0.915. The van der Waals surface area contributed by atoms with E-state index in [4.69, 9.17) is 0 Å². The lowest BCUT2D eigenvalue weighted by atomic mass is 10.1. The van der Waals surface area contributed by atoms with Gasteiger partial charge in [0.1, 0.15) is 6.10 Å². The Morgan fingerprint density at radius 1 is 1.24 bits per heavy atom. The summed E-state index contributed by atoms with van der Waals surface area (Å²) in [6, 6.07) is 10.3. The maximum atomic E-state index is 11.7. The molecule has 4 nitrogen and oxygen atoms in total. The third-order valence-electron chi connectivity index (χ3n) is 3.73. The lowest BCUT2D eigenvalue weighted by Crippen LogP contribution is -2.51. The Kier molecular flexibility index (Phi) is 5.53. The highest BCUT2D eigenvalue weighted by atomic mass is 16.3. The number of piperazine rings is 1. The molecular formula is C17H24N2O2. The van der Waals surface area contributed by atoms with Crippen LogP contribution in [-0.4, -0.2) is 59.6 Å². The van der Waals surface area contributed by atoms with Gasteiger partial charge in [0.05, 0.1) is 0 Å². The Balaban J connectivity index is 1.83. The first-order chi connectivity index (χ1) is 10.1. The first-order valence-electron chi connectivity index (χ1n) is 7.47. The molecule has 0 aliphatic carbocycles. The summed E-state index contributed by atoms with van der Waals surface area (Å²) in [5.74, 6) is -0.161. The number of amides is 1. The predicted octanol–water partition coefficient (Wildman–Crippen LogP) is 1.61. The average molecular weight is 288 g/mol. The van der Waals surface area contributed by atoms with E-state index in [-0.39, 0.29) is 5.91 Å². The van der Waals surface area contributed by atoms with Gasteiger partial charge in [0.15, 0.2) is 0 Å². The van der Waals surface area contributed by atoms with Crippen LogP contribution >= 0.6 is 0 Å². The number of hydrogen-bond donors (Lipinski definition) is 1. The number of hydrogen-bond acceptors (Lipinski definition) is 3. The van der Waals surface area contributed by atoms with Crippen molar-refractivity contribution < 1.29 is 9.90 Å². The van der Waals surface area contributed by atoms with Crippen molar-refractivity contribution in [2.45, 2.75) is 20.0 Å². The highest BCUT2D eigenvalue weighted by molar-refractivity contribution is 5.80. The van der Waals surface area contributed by atoms with Crippen LogP contribution < -0.4 is 0 Å². The van der Waals surface area contributed by atoms with Crippen molar-refractivity contribution in [2.75, 3.05) is 32.7 Å². The monoisotopic (exact) mass is 288 g/mol. The van der Waals surface area contributed by atoms with E-state index in [0.29, 0.717) is 13.1 Å². The van der Waals surface area contributed by atoms with E-state index in [0.717, 1.165) is 19.6 Å². The molecule has 0 radical (unpaired) electrons. The van der Waals surface area contributed by atoms with E-state index in [1.807, 2.05) is 18.2 Å². The highest BCUT2D eigenvalue weighted by Gasteiger charge is 2.23. The molecule has 1 fully saturated rings. The summed E-state index contributed by atoms with van der Waals surface area (Å²) in [7, 11) is 0. The first-order valence-corrected chi connectivity index (χ1v) is 7.47. The summed E-state index contributed by atoms with van der Waals surface area (Å²) < 4.78 is 0. The van der Waals surface area contributed by atoms with Gasteiger partial charge in [-0.15, -0.1) is 0 Å². The van der Waals surface area contributed by atoms with Crippen molar-refractivity contribution in [2.24, 2.45) is 0 Å². The summed E-state index contributed by atoms with van der Waals surface area (Å²) in [4.78, 5) is 15.8. The minimum absolute atomic E-state index is 0.161. The molecule has 1 aliphatic rings. The van der Waals surface area contributed by atoms with E-state index >= 15 is 0 Å². The Morgan fingerprint density at radius 2 is 1.86 bits per heavy atom. The van der Waals surface area contributed by atoms with E-state index in [1.54, 1.807) is 4.90 Å². The standard InChI is InChI=1S/C17H24N2O2/c1-14(12-16-6-4-3-5-7-16)13-18-8-10-19(11-9-18)17(21)15(2)20/h3-7,12,15,20H,8-11,13H2,1-2H3/b14-12+. The fourth-order valence-corrected chi connectivity index (χ4v) is 2.62. The number of rotatable bonds is 4. The van der Waals surface area contributed by atoms with Gasteiger partial charge >= 0.3 is 0 Å². The first kappa shape index (κ1) is 15.7. The minimum Gasteiger partial charge on any atom is -0.384 e. The van der Waals surface area contributed by atoms with Crippen LogP contribution in [0.5, 0.6) is 0 Å². The van der Waals surface area contributed by atoms with Crippen molar-refractivity contribution in [1.29, 1.82) is 0 Å². The van der Waals surface area contributed by atoms with Crippen molar-refractivity contribution in [3.05, 3.63) is 41.5 Å². The maximum absolute atomic E-state index is 11.7. The zero-order valence-electron chi connectivity index (χ0n) is 12.8. The van der Waals surface area contributed by atoms with Gasteiger partial charge in [-0.25, -0.2) is 0 Å². The number of aliphatic hydroxyl groups is 1. The highest BCUT2D eigenvalue weighted by Crippen LogP contribution is 2.10. The van der Waals surface area contributed by atoms with Gasteiger partial charge in [0.2, 0.25) is 0 Å². The zero-order chi connectivity index (χ0) is 15.2. The van der Waals surface area contributed by atoms with Crippen molar-refractivity contribution in [3.8, 4) is 0 Å². The van der Waals surface area contributed by atoms with Crippen LogP contribution in [-0.2, 0) is 4.79 Å². The molecule has 1 heterocycles. The molecular weight excluding hydrogens is 264 g/mol. The molecule has 21 heavy (non-hydrogen) atoms. The topological polar surface area (TPSA) is 43.8 Å². The Bertz CT molecular complexity index is 489. The van der Waals surface area contributed by atoms with Crippen LogP contribution in [0.3, 0.4) is 0 Å². The van der Waals surface area contributed by atoms with Crippen molar-refractivity contribution in [1.82, 2.24) is 9.80 Å². The molecule has 1 saturated heterocycles. The van der Waals surface area contributed by atoms with Crippen molar-refractivity contribution in [3.63, 3.8) is 0 Å². The molecule has 0 aromatic heterocycles. The van der Waals surface area contributed by atoms with Gasteiger partial charge in [0, 0.05) is 32.7 Å². The van der Waals surface area contributed by atoms with E-state index in [9.17, 15) is 9.90 Å². The van der Waals surface area contributed by atoms with Gasteiger partial charge < -0.3 is 10.0 Å². The number of benzene rings is 1. The van der Waals surface area contributed by atoms with Gasteiger partial charge in [-0.3, -0.25) is 9.69 Å². The second-order valence-electron chi connectivity index (χ2n) is 5.68. The summed E-state index contributed by atoms with van der Waals surface area (Å²) in [5, 5.41) is 9.33. The second kappa shape index (κ2) is 7.38. The molecule has 1 N–H and O–H groups in total. The summed E-state index contributed by atoms with van der Waals surface area (Å²) >= 11 is 0. The predicted molar refractivity (Wildman–Crippen MR) is 84.8 cm³/mol. The Hall–Kier alpha value is -1.65. The molecule has 1 aromatic carbocycles. The fraction of sp³-hybridized carbons (Fsp3) is 0.471. The lowest BCUT2D eigenvalue weighted by molar-refractivity contribution is -0.140. The van der Waals surface area contributed by atoms with E-state index < -0.39 is 6.10 Å². The molecule has 2 rings (SSSR count). The molecule has 1 unspecified atom stereocenters. The summed E-state index contributed by atoms with van der Waals surface area (Å²) in [5.41, 5.74) is 2.54. The summed E-state index contributed by atoms with van der Waals surface area (Å²) in [6.45, 7) is 7.70. The average Bonchev–Trinajstić information content (AvgIpc) is 2.48. The van der Waals surface area contributed by atoms with E-state index in [1.165, 1.54) is 18.1 Å². The normalized spacial score (nSPS) is 18.6. The van der Waals surface area contributed by atoms with Crippen LogP contribution in [0.4, 0.5) is 0 Å². The Morgan fingerprint density at radius 3 is 2.43 bits per heavy atom. The van der Waals surface area contributed by atoms with Gasteiger partial charge in [-0.2, -0.15) is 0 Å². The molecule has 1 amide bonds. The largest absolute Gasteiger partial charge is 0.384 e. The number of nitrogens with zero attached hydrogens (tertiary/aromatic N) is 2. The van der Waals surface area contributed by atoms with Crippen LogP contribution in [0.1, 0.15) is 19.4 Å². The maximum Gasteiger partial charge on any atom is 0.251 e. The van der Waals surface area contributed by atoms with Gasteiger partial charge in [-0.05, 0) is 19.4 Å². The molecule has 0 bridgehead atoms. The van der Waals surface area contributed by atoms with Crippen LogP contribution in [0.2, 0.25) is 0 Å². The molecule has 4 heteroatoms. The molecule has 114 valence electrons. The molecule has 0 saturated carbocycles. The van der Waals surface area contributed by atoms with E-state index in [2.05, 4.69) is 30.0 Å². The fourth-order valence-electron chi connectivity index (χ4n) is 2.62. The SMILES string of the molecule is C/C(=C\c1ccccc1)CN1CCN(C(=O)C(C)O)CC1. The summed E-state index contributed by atoms with van der Waals surface area (Å²) in [6.07, 6.45) is 1.31. The van der Waals surface area contributed by atoms with Crippen molar-refractivity contribution >= 4 is 12.0 Å². The number of carbonyl (C=O) groups excluding carboxylic acids is 1. The molecule has 1 aromatic rings. The lowest BCUT2D eigenvalue weighted by Gasteiger charge is -2.35. The molecule has 0 spiro atoms. The van der Waals surface area contributed by atoms with Crippen LogP contribution in [0, 0.1) is 0 Å².